The molecule has 2 heterocycles. The van der Waals surface area contributed by atoms with Gasteiger partial charge < -0.3 is 5.32 Å². The average molecular weight is 239 g/mol. The molecule has 0 atom stereocenters. The topological polar surface area (TPSA) is 37.8 Å². The molecule has 0 radical (unpaired) electrons. The second kappa shape index (κ2) is 5.34. The fourth-order valence-electron chi connectivity index (χ4n) is 1.27. The first kappa shape index (κ1) is 10.7. The van der Waals surface area contributed by atoms with Gasteiger partial charge >= 0.3 is 0 Å². The van der Waals surface area contributed by atoms with Gasteiger partial charge in [-0.3, -0.25) is 0 Å². The number of hydrogen-bond donors (Lipinski definition) is 1. The Kier molecular flexibility index (Phi) is 3.82. The lowest BCUT2D eigenvalue weighted by Crippen LogP contribution is -2.16. The molecule has 0 aliphatic heterocycles. The van der Waals surface area contributed by atoms with Crippen LogP contribution in [0, 0.1) is 6.92 Å². The number of nitrogens with zero attached hydrogens (tertiary/aromatic N) is 2. The maximum atomic E-state index is 4.23. The van der Waals surface area contributed by atoms with E-state index in [1.807, 2.05) is 18.6 Å². The normalized spacial score (nSPS) is 10.7. The minimum absolute atomic E-state index is 0.862. The Morgan fingerprint density at radius 1 is 1.40 bits per heavy atom. The Morgan fingerprint density at radius 3 is 3.00 bits per heavy atom. The highest BCUT2D eigenvalue weighted by Crippen LogP contribution is 2.11. The Morgan fingerprint density at radius 2 is 2.33 bits per heavy atom. The molecule has 0 spiro atoms. The number of nitrogens with one attached hydrogen (secondary N) is 1. The van der Waals surface area contributed by atoms with Gasteiger partial charge in [0.15, 0.2) is 0 Å². The van der Waals surface area contributed by atoms with Gasteiger partial charge in [-0.25, -0.2) is 9.97 Å². The van der Waals surface area contributed by atoms with Gasteiger partial charge in [-0.05, 0) is 13.3 Å². The lowest BCUT2D eigenvalue weighted by Gasteiger charge is -2.00. The Balaban J connectivity index is 1.67. The first-order valence-corrected chi connectivity index (χ1v) is 6.59. The first-order valence-electron chi connectivity index (χ1n) is 4.83. The van der Waals surface area contributed by atoms with Crippen LogP contribution in [0.25, 0.3) is 0 Å². The van der Waals surface area contributed by atoms with Crippen molar-refractivity contribution in [1.82, 2.24) is 15.3 Å². The highest BCUT2D eigenvalue weighted by Gasteiger charge is 1.98. The van der Waals surface area contributed by atoms with E-state index in [9.17, 15) is 0 Å². The molecule has 1 N–H and O–H groups in total. The maximum Gasteiger partial charge on any atom is 0.0896 e. The van der Waals surface area contributed by atoms with Crippen LogP contribution in [-0.2, 0) is 13.0 Å². The predicted molar refractivity (Wildman–Crippen MR) is 64.4 cm³/mol. The van der Waals surface area contributed by atoms with Crippen LogP contribution >= 0.6 is 22.7 Å². The lowest BCUT2D eigenvalue weighted by molar-refractivity contribution is 0.680. The van der Waals surface area contributed by atoms with E-state index in [1.54, 1.807) is 22.7 Å². The molecule has 0 amide bonds. The van der Waals surface area contributed by atoms with Crippen molar-refractivity contribution in [2.24, 2.45) is 0 Å². The zero-order chi connectivity index (χ0) is 10.5. The summed E-state index contributed by atoms with van der Waals surface area (Å²) in [5, 5.41) is 6.58. The Labute approximate surface area is 97.2 Å². The minimum atomic E-state index is 0.862. The summed E-state index contributed by atoms with van der Waals surface area (Å²) in [7, 11) is 0. The highest BCUT2D eigenvalue weighted by atomic mass is 32.1. The molecule has 0 fully saturated rings. The van der Waals surface area contributed by atoms with Crippen molar-refractivity contribution < 1.29 is 0 Å². The first-order chi connectivity index (χ1) is 7.34. The van der Waals surface area contributed by atoms with E-state index in [0.29, 0.717) is 0 Å². The van der Waals surface area contributed by atoms with Crippen LogP contribution in [0.1, 0.15) is 15.6 Å². The van der Waals surface area contributed by atoms with Crippen LogP contribution in [-0.4, -0.2) is 16.5 Å². The van der Waals surface area contributed by atoms with Crippen molar-refractivity contribution >= 4 is 22.7 Å². The molecule has 80 valence electrons. The van der Waals surface area contributed by atoms with Gasteiger partial charge in [0.1, 0.15) is 0 Å². The minimum Gasteiger partial charge on any atom is -0.311 e. The monoisotopic (exact) mass is 239 g/mol. The zero-order valence-electron chi connectivity index (χ0n) is 8.56. The molecule has 2 rings (SSSR count). The molecule has 3 nitrogen and oxygen atoms in total. The molecule has 15 heavy (non-hydrogen) atoms. The standard InChI is InChI=1S/C10H13N3S2/c1-8-12-5-10(15-8)2-3-11-4-9-6-14-7-13-9/h5-7,11H,2-4H2,1H3. The Bertz CT molecular complexity index is 394. The van der Waals surface area contributed by atoms with Crippen molar-refractivity contribution in [3.8, 4) is 0 Å². The van der Waals surface area contributed by atoms with E-state index in [-0.39, 0.29) is 0 Å². The molecular formula is C10H13N3S2. The predicted octanol–water partition coefficient (Wildman–Crippen LogP) is 2.24. The van der Waals surface area contributed by atoms with Gasteiger partial charge in [0, 0.05) is 29.5 Å². The fourth-order valence-corrected chi connectivity index (χ4v) is 2.63. The molecule has 0 saturated heterocycles. The van der Waals surface area contributed by atoms with Crippen LogP contribution in [0.2, 0.25) is 0 Å². The maximum absolute atomic E-state index is 4.23. The van der Waals surface area contributed by atoms with Crippen LogP contribution in [0.15, 0.2) is 17.1 Å². The quantitative estimate of drug-likeness (QED) is 0.813. The largest absolute Gasteiger partial charge is 0.311 e. The number of rotatable bonds is 5. The number of thiazole rings is 2. The molecule has 0 aliphatic carbocycles. The van der Waals surface area contributed by atoms with Crippen LogP contribution in [0.4, 0.5) is 0 Å². The van der Waals surface area contributed by atoms with Crippen molar-refractivity contribution in [3.05, 3.63) is 32.7 Å². The van der Waals surface area contributed by atoms with Crippen LogP contribution in [0.3, 0.4) is 0 Å². The summed E-state index contributed by atoms with van der Waals surface area (Å²) in [5.74, 6) is 0. The third-order valence-corrected chi connectivity index (χ3v) is 3.61. The van der Waals surface area contributed by atoms with Gasteiger partial charge in [0.2, 0.25) is 0 Å². The van der Waals surface area contributed by atoms with Crippen molar-refractivity contribution in [2.45, 2.75) is 19.9 Å². The van der Waals surface area contributed by atoms with Gasteiger partial charge in [0.05, 0.1) is 16.2 Å². The van der Waals surface area contributed by atoms with Crippen molar-refractivity contribution in [2.75, 3.05) is 6.54 Å². The average Bonchev–Trinajstić information content (AvgIpc) is 2.84. The van der Waals surface area contributed by atoms with Gasteiger partial charge in [-0.15, -0.1) is 22.7 Å². The Hall–Kier alpha value is -0.780. The van der Waals surface area contributed by atoms with E-state index in [0.717, 1.165) is 30.2 Å². The number of hydrogen-bond acceptors (Lipinski definition) is 5. The summed E-state index contributed by atoms with van der Waals surface area (Å²) in [6.07, 6.45) is 3.01. The molecule has 5 heteroatoms. The van der Waals surface area contributed by atoms with Gasteiger partial charge in [-0.2, -0.15) is 0 Å². The summed E-state index contributed by atoms with van der Waals surface area (Å²) in [4.78, 5) is 9.78. The lowest BCUT2D eigenvalue weighted by atomic mass is 10.3. The van der Waals surface area contributed by atoms with Crippen LogP contribution < -0.4 is 5.32 Å². The summed E-state index contributed by atoms with van der Waals surface area (Å²) in [5.41, 5.74) is 2.99. The van der Waals surface area contributed by atoms with E-state index >= 15 is 0 Å². The fraction of sp³-hybridized carbons (Fsp3) is 0.400. The van der Waals surface area contributed by atoms with Crippen molar-refractivity contribution in [3.63, 3.8) is 0 Å². The highest BCUT2D eigenvalue weighted by molar-refractivity contribution is 7.11. The SMILES string of the molecule is Cc1ncc(CCNCc2cscn2)s1. The second-order valence-corrected chi connectivity index (χ2v) is 5.29. The van der Waals surface area contributed by atoms with E-state index in [4.69, 9.17) is 0 Å². The van der Waals surface area contributed by atoms with E-state index in [2.05, 4.69) is 20.7 Å². The summed E-state index contributed by atoms with van der Waals surface area (Å²) in [6.45, 7) is 3.89. The summed E-state index contributed by atoms with van der Waals surface area (Å²) < 4.78 is 0. The summed E-state index contributed by atoms with van der Waals surface area (Å²) in [6, 6.07) is 0. The molecule has 0 bridgehead atoms. The van der Waals surface area contributed by atoms with Gasteiger partial charge in [0.25, 0.3) is 0 Å². The zero-order valence-corrected chi connectivity index (χ0v) is 10.2. The smallest absolute Gasteiger partial charge is 0.0896 e. The molecule has 0 saturated carbocycles. The summed E-state index contributed by atoms with van der Waals surface area (Å²) >= 11 is 3.41. The van der Waals surface area contributed by atoms with Gasteiger partial charge in [-0.1, -0.05) is 0 Å². The molecule has 0 unspecified atom stereocenters. The third-order valence-electron chi connectivity index (χ3n) is 2.01. The number of aromatic nitrogens is 2. The third kappa shape index (κ3) is 3.37. The molecular weight excluding hydrogens is 226 g/mol. The van der Waals surface area contributed by atoms with E-state index < -0.39 is 0 Å². The second-order valence-electron chi connectivity index (χ2n) is 3.25. The van der Waals surface area contributed by atoms with E-state index in [1.165, 1.54) is 4.88 Å². The van der Waals surface area contributed by atoms with Crippen molar-refractivity contribution in [1.29, 1.82) is 0 Å². The molecule has 0 aromatic carbocycles. The molecule has 2 aromatic rings. The van der Waals surface area contributed by atoms with Crippen LogP contribution in [0.5, 0.6) is 0 Å². The molecule has 0 aliphatic rings. The number of aryl methyl sites for hydroxylation is 1. The molecule has 2 aromatic heterocycles.